The molecule has 1 aromatic heterocycles. The molecule has 3 aromatic rings. The number of nitrogens with one attached hydrogen (secondary N) is 2. The lowest BCUT2D eigenvalue weighted by molar-refractivity contribution is -0.384. The molecule has 0 aliphatic rings. The van der Waals surface area contributed by atoms with E-state index >= 15 is 0 Å². The molecule has 3 rings (SSSR count). The van der Waals surface area contributed by atoms with E-state index in [1.54, 1.807) is 30.3 Å². The zero-order valence-corrected chi connectivity index (χ0v) is 16.0. The van der Waals surface area contributed by atoms with E-state index in [0.717, 1.165) is 10.2 Å². The van der Waals surface area contributed by atoms with Gasteiger partial charge in [-0.15, -0.1) is 0 Å². The second kappa shape index (κ2) is 8.96. The number of nitro benzene ring substituents is 1. The lowest BCUT2D eigenvalue weighted by Gasteiger charge is -2.04. The summed E-state index contributed by atoms with van der Waals surface area (Å²) in [5.74, 6) is 0.371. The van der Waals surface area contributed by atoms with E-state index in [0.29, 0.717) is 17.1 Å². The average molecular weight is 443 g/mol. The van der Waals surface area contributed by atoms with Gasteiger partial charge in [-0.05, 0) is 42.5 Å². The van der Waals surface area contributed by atoms with Gasteiger partial charge in [0.15, 0.2) is 0 Å². The second-order valence-corrected chi connectivity index (χ2v) is 6.55. The molecule has 8 nitrogen and oxygen atoms in total. The third-order valence-electron chi connectivity index (χ3n) is 3.67. The normalized spacial score (nSPS) is 10.8. The highest BCUT2D eigenvalue weighted by atomic mass is 79.9. The number of furan rings is 1. The van der Waals surface area contributed by atoms with Gasteiger partial charge in [0.1, 0.15) is 11.5 Å². The third kappa shape index (κ3) is 5.04. The summed E-state index contributed by atoms with van der Waals surface area (Å²) in [7, 11) is 0. The summed E-state index contributed by atoms with van der Waals surface area (Å²) >= 11 is 3.34. The van der Waals surface area contributed by atoms with Crippen LogP contribution < -0.4 is 10.7 Å². The van der Waals surface area contributed by atoms with Crippen LogP contribution in [0.3, 0.4) is 0 Å². The van der Waals surface area contributed by atoms with Crippen LogP contribution >= 0.6 is 15.9 Å². The standard InChI is InChI=1S/C19H15BrN4O4/c20-13-5-7-14(8-6-13)21-12-19(25)23-22-11-15-9-10-18(28-15)16-3-1-2-4-17(16)24(26)27/h1-11,21H,12H2,(H,23,25)/b22-11-. The Kier molecular flexibility index (Phi) is 6.18. The van der Waals surface area contributed by atoms with Crippen molar-refractivity contribution in [3.63, 3.8) is 0 Å². The second-order valence-electron chi connectivity index (χ2n) is 5.63. The van der Waals surface area contributed by atoms with Gasteiger partial charge in [-0.3, -0.25) is 14.9 Å². The molecule has 0 bridgehead atoms. The van der Waals surface area contributed by atoms with E-state index in [1.807, 2.05) is 24.3 Å². The number of amides is 1. The molecule has 28 heavy (non-hydrogen) atoms. The smallest absolute Gasteiger partial charge is 0.280 e. The Morgan fingerprint density at radius 2 is 1.89 bits per heavy atom. The molecule has 0 radical (unpaired) electrons. The molecule has 0 atom stereocenters. The molecule has 2 N–H and O–H groups in total. The van der Waals surface area contributed by atoms with E-state index < -0.39 is 4.92 Å². The predicted octanol–water partition coefficient (Wildman–Crippen LogP) is 4.18. The fourth-order valence-electron chi connectivity index (χ4n) is 2.37. The average Bonchev–Trinajstić information content (AvgIpc) is 3.16. The van der Waals surface area contributed by atoms with Crippen molar-refractivity contribution in [2.24, 2.45) is 5.10 Å². The quantitative estimate of drug-likeness (QED) is 0.324. The topological polar surface area (TPSA) is 110 Å². The fourth-order valence-corrected chi connectivity index (χ4v) is 2.63. The summed E-state index contributed by atoms with van der Waals surface area (Å²) in [4.78, 5) is 22.5. The molecule has 0 saturated carbocycles. The van der Waals surface area contributed by atoms with Gasteiger partial charge in [-0.25, -0.2) is 5.43 Å². The first-order chi connectivity index (χ1) is 13.5. The summed E-state index contributed by atoms with van der Waals surface area (Å²) in [5.41, 5.74) is 3.51. The molecule has 0 unspecified atom stereocenters. The summed E-state index contributed by atoms with van der Waals surface area (Å²) in [6.07, 6.45) is 1.33. The van der Waals surface area contributed by atoms with Crippen LogP contribution in [0.1, 0.15) is 5.76 Å². The van der Waals surface area contributed by atoms with E-state index in [2.05, 4.69) is 31.8 Å². The third-order valence-corrected chi connectivity index (χ3v) is 4.20. The van der Waals surface area contributed by atoms with Crippen molar-refractivity contribution in [2.45, 2.75) is 0 Å². The maximum atomic E-state index is 11.8. The van der Waals surface area contributed by atoms with Gasteiger partial charge >= 0.3 is 0 Å². The van der Waals surface area contributed by atoms with Crippen molar-refractivity contribution in [2.75, 3.05) is 11.9 Å². The Hall–Kier alpha value is -3.46. The van der Waals surface area contributed by atoms with Crippen LogP contribution in [0, 0.1) is 10.1 Å². The minimum absolute atomic E-state index is 0.0485. The first-order valence-corrected chi connectivity index (χ1v) is 8.97. The Balaban J connectivity index is 1.56. The Bertz CT molecular complexity index is 1010. The minimum atomic E-state index is -0.468. The zero-order chi connectivity index (χ0) is 19.9. The summed E-state index contributed by atoms with van der Waals surface area (Å²) in [6.45, 7) is 0.0542. The Labute approximate surface area is 168 Å². The van der Waals surface area contributed by atoms with Gasteiger partial charge in [0.25, 0.3) is 11.6 Å². The van der Waals surface area contributed by atoms with E-state index in [-0.39, 0.29) is 18.1 Å². The van der Waals surface area contributed by atoms with Crippen LogP contribution in [-0.4, -0.2) is 23.6 Å². The van der Waals surface area contributed by atoms with Crippen LogP contribution in [-0.2, 0) is 4.79 Å². The Morgan fingerprint density at radius 3 is 2.64 bits per heavy atom. The first-order valence-electron chi connectivity index (χ1n) is 8.18. The van der Waals surface area contributed by atoms with E-state index in [1.165, 1.54) is 12.3 Å². The van der Waals surface area contributed by atoms with Gasteiger partial charge < -0.3 is 9.73 Å². The van der Waals surface area contributed by atoms with Crippen LogP contribution in [0.4, 0.5) is 11.4 Å². The monoisotopic (exact) mass is 442 g/mol. The molecule has 1 amide bonds. The number of carbonyl (C=O) groups is 1. The van der Waals surface area contributed by atoms with Crippen molar-refractivity contribution < 1.29 is 14.1 Å². The number of anilines is 1. The van der Waals surface area contributed by atoms with Crippen molar-refractivity contribution >= 4 is 39.4 Å². The highest BCUT2D eigenvalue weighted by Gasteiger charge is 2.16. The number of hydrazone groups is 1. The SMILES string of the molecule is O=C(CNc1ccc(Br)cc1)N/N=C\c1ccc(-c2ccccc2[N+](=O)[O-])o1. The van der Waals surface area contributed by atoms with Gasteiger partial charge in [-0.1, -0.05) is 28.1 Å². The molecule has 0 aliphatic carbocycles. The molecule has 0 spiro atoms. The lowest BCUT2D eigenvalue weighted by atomic mass is 10.1. The molecule has 0 saturated heterocycles. The maximum absolute atomic E-state index is 11.8. The van der Waals surface area contributed by atoms with Crippen LogP contribution in [0.25, 0.3) is 11.3 Å². The first kappa shape index (κ1) is 19.3. The van der Waals surface area contributed by atoms with E-state index in [4.69, 9.17) is 4.42 Å². The number of benzene rings is 2. The molecule has 9 heteroatoms. The zero-order valence-electron chi connectivity index (χ0n) is 14.5. The number of para-hydroxylation sites is 1. The van der Waals surface area contributed by atoms with Gasteiger partial charge in [0, 0.05) is 16.2 Å². The minimum Gasteiger partial charge on any atom is -0.455 e. The Morgan fingerprint density at radius 1 is 1.14 bits per heavy atom. The molecule has 2 aromatic carbocycles. The largest absolute Gasteiger partial charge is 0.455 e. The lowest BCUT2D eigenvalue weighted by Crippen LogP contribution is -2.25. The number of nitro groups is 1. The van der Waals surface area contributed by atoms with Crippen LogP contribution in [0.5, 0.6) is 0 Å². The molecular formula is C19H15BrN4O4. The number of carbonyl (C=O) groups excluding carboxylic acids is 1. The van der Waals surface area contributed by atoms with Gasteiger partial charge in [-0.2, -0.15) is 5.10 Å². The molecule has 1 heterocycles. The highest BCUT2D eigenvalue weighted by Crippen LogP contribution is 2.30. The van der Waals surface area contributed by atoms with Gasteiger partial charge in [0.2, 0.25) is 0 Å². The molecular weight excluding hydrogens is 428 g/mol. The summed E-state index contributed by atoms with van der Waals surface area (Å²) < 4.78 is 6.51. The summed E-state index contributed by atoms with van der Waals surface area (Å²) in [5, 5.41) is 17.9. The highest BCUT2D eigenvalue weighted by molar-refractivity contribution is 9.10. The number of nitrogens with zero attached hydrogens (tertiary/aromatic N) is 2. The van der Waals surface area contributed by atoms with Crippen LogP contribution in [0.2, 0.25) is 0 Å². The van der Waals surface area contributed by atoms with Crippen LogP contribution in [0.15, 0.2) is 74.7 Å². The molecule has 142 valence electrons. The van der Waals surface area contributed by atoms with E-state index in [9.17, 15) is 14.9 Å². The van der Waals surface area contributed by atoms with Crippen molar-refractivity contribution in [3.8, 4) is 11.3 Å². The number of halogens is 1. The van der Waals surface area contributed by atoms with Crippen molar-refractivity contribution in [3.05, 3.63) is 81.0 Å². The molecule has 0 aliphatic heterocycles. The maximum Gasteiger partial charge on any atom is 0.280 e. The van der Waals surface area contributed by atoms with Crippen molar-refractivity contribution in [1.82, 2.24) is 5.43 Å². The predicted molar refractivity (Wildman–Crippen MR) is 109 cm³/mol. The number of rotatable bonds is 7. The number of hydrogen-bond donors (Lipinski definition) is 2. The molecule has 0 fully saturated rings. The fraction of sp³-hybridized carbons (Fsp3) is 0.0526. The summed E-state index contributed by atoms with van der Waals surface area (Å²) in [6, 6.07) is 16.9. The number of hydrogen-bond acceptors (Lipinski definition) is 6. The van der Waals surface area contributed by atoms with Crippen molar-refractivity contribution in [1.29, 1.82) is 0 Å². The van der Waals surface area contributed by atoms with Gasteiger partial charge in [0.05, 0.1) is 23.2 Å².